The van der Waals surface area contributed by atoms with Crippen LogP contribution >= 0.6 is 34.2 Å². The number of amides is 1. The molecule has 0 heterocycles. The summed E-state index contributed by atoms with van der Waals surface area (Å²) in [5.74, 6) is 0.459. The van der Waals surface area contributed by atoms with E-state index in [0.29, 0.717) is 22.1 Å². The van der Waals surface area contributed by atoms with E-state index in [2.05, 4.69) is 33.1 Å². The molecule has 0 aliphatic rings. The summed E-state index contributed by atoms with van der Waals surface area (Å²) in [7, 11) is 1.54. The number of carbonyl (C=O) groups excluding carboxylic acids is 1. The van der Waals surface area contributed by atoms with Gasteiger partial charge in [-0.25, -0.2) is 9.82 Å². The monoisotopic (exact) mass is 538 g/mol. The molecule has 0 atom stereocenters. The zero-order chi connectivity index (χ0) is 21.5. The van der Waals surface area contributed by atoms with Crippen molar-refractivity contribution in [2.75, 3.05) is 7.11 Å². The fraction of sp³-hybridized carbons (Fsp3) is 0.0909. The average molecular weight is 539 g/mol. The lowest BCUT2D eigenvalue weighted by Crippen LogP contribution is -2.17. The van der Waals surface area contributed by atoms with Gasteiger partial charge in [0.15, 0.2) is 11.5 Å². The summed E-state index contributed by atoms with van der Waals surface area (Å²) in [5.41, 5.74) is 4.49. The van der Waals surface area contributed by atoms with Crippen LogP contribution in [0.2, 0.25) is 5.02 Å². The number of ether oxygens (including phenoxy) is 2. The van der Waals surface area contributed by atoms with E-state index < -0.39 is 0 Å². The molecule has 0 aliphatic heterocycles. The van der Waals surface area contributed by atoms with Crippen LogP contribution < -0.4 is 14.9 Å². The number of carbonyl (C=O) groups is 1. The van der Waals surface area contributed by atoms with Gasteiger partial charge in [0.1, 0.15) is 12.4 Å². The fourth-order valence-electron chi connectivity index (χ4n) is 2.52. The van der Waals surface area contributed by atoms with E-state index >= 15 is 0 Å². The molecule has 3 rings (SSSR count). The van der Waals surface area contributed by atoms with Gasteiger partial charge in [-0.2, -0.15) is 5.10 Å². The predicted octanol–water partition coefficient (Wildman–Crippen LogP) is 5.44. The maximum Gasteiger partial charge on any atom is 0.271 e. The number of nitrogens with one attached hydrogen (secondary N) is 1. The second-order valence-corrected chi connectivity index (χ2v) is 7.75. The maximum atomic E-state index is 13.0. The second kappa shape index (κ2) is 10.4. The van der Waals surface area contributed by atoms with Gasteiger partial charge in [-0.1, -0.05) is 23.7 Å². The van der Waals surface area contributed by atoms with E-state index in [1.165, 1.54) is 18.3 Å². The molecule has 3 aromatic rings. The minimum Gasteiger partial charge on any atom is -0.493 e. The van der Waals surface area contributed by atoms with Gasteiger partial charge in [0.2, 0.25) is 0 Å². The number of rotatable bonds is 7. The maximum absolute atomic E-state index is 13.0. The van der Waals surface area contributed by atoms with Crippen LogP contribution in [0.1, 0.15) is 21.5 Å². The lowest BCUT2D eigenvalue weighted by Gasteiger charge is -2.13. The van der Waals surface area contributed by atoms with Crippen molar-refractivity contribution >= 4 is 46.3 Å². The summed E-state index contributed by atoms with van der Waals surface area (Å²) in [6.07, 6.45) is 1.52. The summed E-state index contributed by atoms with van der Waals surface area (Å²) >= 11 is 7.96. The van der Waals surface area contributed by atoms with Crippen molar-refractivity contribution in [1.29, 1.82) is 0 Å². The zero-order valence-corrected chi connectivity index (χ0v) is 18.8. The average Bonchev–Trinajstić information content (AvgIpc) is 2.74. The van der Waals surface area contributed by atoms with Crippen molar-refractivity contribution in [2.45, 2.75) is 6.61 Å². The number of methoxy groups -OCH3 is 1. The van der Waals surface area contributed by atoms with Crippen LogP contribution in [0.15, 0.2) is 65.8 Å². The van der Waals surface area contributed by atoms with Crippen molar-refractivity contribution < 1.29 is 18.7 Å². The largest absolute Gasteiger partial charge is 0.493 e. The first-order valence-corrected chi connectivity index (χ1v) is 10.3. The Kier molecular flexibility index (Phi) is 7.64. The molecule has 0 unspecified atom stereocenters. The third-order valence-electron chi connectivity index (χ3n) is 4.03. The third-order valence-corrected chi connectivity index (χ3v) is 5.09. The molecule has 3 aromatic carbocycles. The Morgan fingerprint density at radius 1 is 1.17 bits per heavy atom. The molecule has 0 radical (unpaired) electrons. The summed E-state index contributed by atoms with van der Waals surface area (Å²) in [6, 6.07) is 16.2. The van der Waals surface area contributed by atoms with Crippen LogP contribution in [0.25, 0.3) is 0 Å². The van der Waals surface area contributed by atoms with Crippen molar-refractivity contribution in [1.82, 2.24) is 5.43 Å². The Balaban J connectivity index is 1.68. The Morgan fingerprint density at radius 3 is 2.53 bits per heavy atom. The highest BCUT2D eigenvalue weighted by Gasteiger charge is 2.12. The van der Waals surface area contributed by atoms with Crippen molar-refractivity contribution in [2.24, 2.45) is 5.10 Å². The molecule has 1 N–H and O–H groups in total. The van der Waals surface area contributed by atoms with Crippen LogP contribution in [0.3, 0.4) is 0 Å². The van der Waals surface area contributed by atoms with Gasteiger partial charge in [0, 0.05) is 10.6 Å². The second-order valence-electron chi connectivity index (χ2n) is 6.16. The number of benzene rings is 3. The quantitative estimate of drug-likeness (QED) is 0.248. The Morgan fingerprint density at radius 2 is 1.87 bits per heavy atom. The number of nitrogens with zero attached hydrogens (tertiary/aromatic N) is 1. The number of hydrogen-bond acceptors (Lipinski definition) is 4. The molecule has 0 fully saturated rings. The number of hydrogen-bond donors (Lipinski definition) is 1. The Labute approximate surface area is 192 Å². The molecule has 5 nitrogen and oxygen atoms in total. The van der Waals surface area contributed by atoms with Crippen LogP contribution in [0, 0.1) is 9.39 Å². The molecular formula is C22H17ClFIN2O3. The van der Waals surface area contributed by atoms with Crippen LogP contribution in [-0.4, -0.2) is 19.2 Å². The Bertz CT molecular complexity index is 1060. The van der Waals surface area contributed by atoms with Crippen LogP contribution in [0.4, 0.5) is 4.39 Å². The van der Waals surface area contributed by atoms with Gasteiger partial charge >= 0.3 is 0 Å². The van der Waals surface area contributed by atoms with Gasteiger partial charge < -0.3 is 9.47 Å². The number of hydrazone groups is 1. The molecule has 154 valence electrons. The highest BCUT2D eigenvalue weighted by atomic mass is 127. The summed E-state index contributed by atoms with van der Waals surface area (Å²) < 4.78 is 25.1. The first-order valence-electron chi connectivity index (χ1n) is 8.80. The van der Waals surface area contributed by atoms with Crippen molar-refractivity contribution in [3.8, 4) is 11.5 Å². The molecular weight excluding hydrogens is 522 g/mol. The number of halogens is 3. The van der Waals surface area contributed by atoms with E-state index in [1.54, 1.807) is 49.6 Å². The normalized spacial score (nSPS) is 10.8. The van der Waals surface area contributed by atoms with Crippen LogP contribution in [-0.2, 0) is 6.61 Å². The van der Waals surface area contributed by atoms with E-state index in [-0.39, 0.29) is 18.3 Å². The van der Waals surface area contributed by atoms with E-state index in [9.17, 15) is 9.18 Å². The lowest BCUT2D eigenvalue weighted by atomic mass is 10.2. The highest BCUT2D eigenvalue weighted by Crippen LogP contribution is 2.34. The smallest absolute Gasteiger partial charge is 0.271 e. The molecule has 0 bridgehead atoms. The van der Waals surface area contributed by atoms with Crippen LogP contribution in [0.5, 0.6) is 11.5 Å². The molecule has 0 saturated heterocycles. The molecule has 8 heteroatoms. The lowest BCUT2D eigenvalue weighted by molar-refractivity contribution is 0.0955. The van der Waals surface area contributed by atoms with E-state index in [4.69, 9.17) is 21.1 Å². The first-order chi connectivity index (χ1) is 14.5. The Hall–Kier alpha value is -2.65. The van der Waals surface area contributed by atoms with E-state index in [1.807, 2.05) is 6.07 Å². The summed E-state index contributed by atoms with van der Waals surface area (Å²) in [5, 5.41) is 4.55. The fourth-order valence-corrected chi connectivity index (χ4v) is 3.43. The molecule has 1 amide bonds. The minimum absolute atomic E-state index is 0.275. The van der Waals surface area contributed by atoms with Gasteiger partial charge in [0.05, 0.1) is 16.9 Å². The summed E-state index contributed by atoms with van der Waals surface area (Å²) in [4.78, 5) is 12.1. The molecule has 0 aliphatic carbocycles. The summed E-state index contributed by atoms with van der Waals surface area (Å²) in [6.45, 7) is 0.275. The van der Waals surface area contributed by atoms with Gasteiger partial charge in [-0.05, 0) is 82.2 Å². The third kappa shape index (κ3) is 5.93. The first kappa shape index (κ1) is 22.0. The van der Waals surface area contributed by atoms with Gasteiger partial charge in [-0.15, -0.1) is 0 Å². The molecule has 0 aromatic heterocycles. The van der Waals surface area contributed by atoms with Crippen molar-refractivity contribution in [3.63, 3.8) is 0 Å². The predicted molar refractivity (Wildman–Crippen MR) is 123 cm³/mol. The highest BCUT2D eigenvalue weighted by molar-refractivity contribution is 14.1. The topological polar surface area (TPSA) is 59.9 Å². The SMILES string of the molecule is COc1cc(/C=N\NC(=O)c2ccc(Cl)cc2)cc(I)c1OCc1ccc(F)cc1. The van der Waals surface area contributed by atoms with Crippen molar-refractivity contribution in [3.05, 3.63) is 91.8 Å². The molecule has 0 spiro atoms. The molecule has 30 heavy (non-hydrogen) atoms. The molecule has 0 saturated carbocycles. The van der Waals surface area contributed by atoms with Gasteiger partial charge in [0.25, 0.3) is 5.91 Å². The standard InChI is InChI=1S/C22H17ClFIN2O3/c1-29-20-11-15(12-26-27-22(28)16-4-6-17(23)7-5-16)10-19(25)21(20)30-13-14-2-8-18(24)9-3-14/h2-12H,13H2,1H3,(H,27,28)/b26-12-. The van der Waals surface area contributed by atoms with Gasteiger partial charge in [-0.3, -0.25) is 4.79 Å². The van der Waals surface area contributed by atoms with E-state index in [0.717, 1.165) is 14.7 Å². The minimum atomic E-state index is -0.344. The zero-order valence-electron chi connectivity index (χ0n) is 15.9.